The number of phosphoric acid groups is 1. The number of likely N-dealkylation sites (N-methyl/N-ethyl adjacent to an activating group) is 1. The van der Waals surface area contributed by atoms with E-state index in [2.05, 4.69) is 55.6 Å². The smallest absolute Gasteiger partial charge is 0.268 e. The molecule has 1 fully saturated rings. The molecule has 0 radical (unpaired) electrons. The Morgan fingerprint density at radius 3 is 1.98 bits per heavy atom. The van der Waals surface area contributed by atoms with Crippen molar-refractivity contribution in [2.75, 3.05) is 40.9 Å². The number of hydrogen-bond acceptors (Lipinski definition) is 7. The molecule has 0 aliphatic carbocycles. The molecule has 0 aromatic carbocycles. The van der Waals surface area contributed by atoms with Gasteiger partial charge in [0.15, 0.2) is 0 Å². The number of epoxide rings is 1. The lowest BCUT2D eigenvalue weighted by atomic mass is 10.1. The summed E-state index contributed by atoms with van der Waals surface area (Å²) in [4.78, 5) is 25.2. The molecule has 3 unspecified atom stereocenters. The number of nitrogens with zero attached hydrogens (tertiary/aromatic N) is 1. The van der Waals surface area contributed by atoms with Crippen molar-refractivity contribution >= 4 is 13.7 Å². The topological polar surface area (TPSA) is 120 Å². The first-order chi connectivity index (χ1) is 24.5. The highest BCUT2D eigenvalue weighted by Crippen LogP contribution is 2.38. The molecule has 9 nitrogen and oxygen atoms in total. The van der Waals surface area contributed by atoms with Crippen molar-refractivity contribution in [1.82, 2.24) is 5.32 Å². The number of hydrogen-bond donors (Lipinski definition) is 2. The van der Waals surface area contributed by atoms with Crippen molar-refractivity contribution in [3.05, 3.63) is 48.6 Å². The summed E-state index contributed by atoms with van der Waals surface area (Å²) in [7, 11) is 1.21. The van der Waals surface area contributed by atoms with Crippen LogP contribution in [0, 0.1) is 0 Å². The molecule has 296 valence electrons. The molecule has 0 aromatic heterocycles. The van der Waals surface area contributed by atoms with Crippen LogP contribution in [0.1, 0.15) is 142 Å². The van der Waals surface area contributed by atoms with E-state index in [0.717, 1.165) is 44.9 Å². The Hall–Kier alpha value is -1.58. The number of rotatable bonds is 34. The minimum atomic E-state index is -4.60. The Balaban J connectivity index is 2.42. The molecule has 5 atom stereocenters. The first-order valence-electron chi connectivity index (χ1n) is 20.1. The zero-order valence-corrected chi connectivity index (χ0v) is 33.9. The van der Waals surface area contributed by atoms with Gasteiger partial charge in [-0.2, -0.15) is 0 Å². The first kappa shape index (κ1) is 47.4. The maximum atomic E-state index is 12.8. The van der Waals surface area contributed by atoms with E-state index in [1.54, 1.807) is 6.08 Å². The molecule has 1 aliphatic rings. The third-order valence-corrected chi connectivity index (χ3v) is 9.90. The normalized spacial score (nSPS) is 19.0. The number of quaternary nitrogens is 1. The first-order valence-corrected chi connectivity index (χ1v) is 21.6. The lowest BCUT2D eigenvalue weighted by Gasteiger charge is -2.29. The number of carbonyl (C=O) groups is 1. The number of ether oxygens (including phenoxy) is 1. The molecular weight excluding hydrogens is 663 g/mol. The molecule has 1 saturated heterocycles. The third-order valence-electron chi connectivity index (χ3n) is 8.94. The summed E-state index contributed by atoms with van der Waals surface area (Å²) in [5.41, 5.74) is 0. The monoisotopic (exact) mass is 739 g/mol. The van der Waals surface area contributed by atoms with Crippen molar-refractivity contribution in [3.8, 4) is 0 Å². The van der Waals surface area contributed by atoms with E-state index < -0.39 is 26.6 Å². The highest BCUT2D eigenvalue weighted by Gasteiger charge is 2.36. The van der Waals surface area contributed by atoms with Crippen molar-refractivity contribution < 1.29 is 37.6 Å². The third kappa shape index (κ3) is 29.6. The molecule has 0 spiro atoms. The van der Waals surface area contributed by atoms with Crippen molar-refractivity contribution in [3.63, 3.8) is 0 Å². The number of unbranched alkanes of at least 4 members (excludes halogenated alkanes) is 13. The van der Waals surface area contributed by atoms with Gasteiger partial charge in [0.2, 0.25) is 5.91 Å². The number of phosphoric ester groups is 1. The predicted molar refractivity (Wildman–Crippen MR) is 209 cm³/mol. The maximum absolute atomic E-state index is 12.8. The average Bonchev–Trinajstić information content (AvgIpc) is 3.83. The summed E-state index contributed by atoms with van der Waals surface area (Å²) >= 11 is 0. The summed E-state index contributed by atoms with van der Waals surface area (Å²) in [6, 6.07) is -0.920. The number of carbonyl (C=O) groups excluding carboxylic acids is 1. The van der Waals surface area contributed by atoms with Gasteiger partial charge in [-0.15, -0.1) is 0 Å². The van der Waals surface area contributed by atoms with Crippen LogP contribution >= 0.6 is 7.82 Å². The van der Waals surface area contributed by atoms with Crippen LogP contribution in [-0.4, -0.2) is 80.8 Å². The minimum absolute atomic E-state index is 0.0162. The summed E-state index contributed by atoms with van der Waals surface area (Å²) < 4.78 is 28.9. The number of aliphatic hydroxyl groups excluding tert-OH is 1. The fourth-order valence-corrected chi connectivity index (χ4v) is 6.26. The van der Waals surface area contributed by atoms with Crippen molar-refractivity contribution in [2.24, 2.45) is 0 Å². The lowest BCUT2D eigenvalue weighted by Crippen LogP contribution is -2.45. The van der Waals surface area contributed by atoms with Gasteiger partial charge in [0, 0.05) is 6.42 Å². The maximum Gasteiger partial charge on any atom is 0.268 e. The van der Waals surface area contributed by atoms with E-state index in [4.69, 9.17) is 13.8 Å². The van der Waals surface area contributed by atoms with E-state index in [1.165, 1.54) is 70.6 Å². The second-order valence-electron chi connectivity index (χ2n) is 15.0. The Bertz CT molecular complexity index is 1040. The Labute approximate surface area is 312 Å². The van der Waals surface area contributed by atoms with Crippen LogP contribution < -0.4 is 10.2 Å². The van der Waals surface area contributed by atoms with Crippen molar-refractivity contribution in [2.45, 2.75) is 167 Å². The second kappa shape index (κ2) is 29.8. The molecule has 0 aromatic rings. The summed E-state index contributed by atoms with van der Waals surface area (Å²) in [5.74, 6) is -0.261. The van der Waals surface area contributed by atoms with Crippen LogP contribution in [0.4, 0.5) is 0 Å². The summed E-state index contributed by atoms with van der Waals surface area (Å²) in [5, 5.41) is 13.7. The second-order valence-corrected chi connectivity index (χ2v) is 16.4. The average molecular weight is 739 g/mol. The van der Waals surface area contributed by atoms with E-state index in [0.29, 0.717) is 23.6 Å². The van der Waals surface area contributed by atoms with Gasteiger partial charge >= 0.3 is 0 Å². The van der Waals surface area contributed by atoms with Gasteiger partial charge in [-0.25, -0.2) is 0 Å². The van der Waals surface area contributed by atoms with Gasteiger partial charge in [0.25, 0.3) is 7.82 Å². The molecule has 0 saturated carbocycles. The summed E-state index contributed by atoms with van der Waals surface area (Å²) in [6.45, 7) is 4.52. The van der Waals surface area contributed by atoms with Gasteiger partial charge in [-0.1, -0.05) is 127 Å². The number of amides is 1. The van der Waals surface area contributed by atoms with E-state index >= 15 is 0 Å². The van der Waals surface area contributed by atoms with Gasteiger partial charge < -0.3 is 33.6 Å². The van der Waals surface area contributed by atoms with Gasteiger partial charge in [-0.05, 0) is 57.8 Å². The molecule has 1 amide bonds. The van der Waals surface area contributed by atoms with Crippen LogP contribution in [0.3, 0.4) is 0 Å². The zero-order valence-electron chi connectivity index (χ0n) is 33.0. The van der Waals surface area contributed by atoms with Crippen molar-refractivity contribution in [1.29, 1.82) is 0 Å². The SMILES string of the molecule is CCCCC/C=C\C/C=C\CC1OC1C/C=C\CCCC(=O)N[C@@H](COP(=O)([O-])OCC[N+](C)(C)C)[C@H](O)/C=C/CCCCCCCCCCC. The molecule has 0 bridgehead atoms. The molecule has 2 N–H and O–H groups in total. The minimum Gasteiger partial charge on any atom is -0.756 e. The highest BCUT2D eigenvalue weighted by molar-refractivity contribution is 7.45. The summed E-state index contributed by atoms with van der Waals surface area (Å²) in [6.07, 6.45) is 37.5. The molecule has 1 heterocycles. The van der Waals surface area contributed by atoms with E-state index in [-0.39, 0.29) is 25.0 Å². The number of aliphatic hydroxyl groups is 1. The molecular formula is C41H75N2O7P. The standard InChI is InChI=1S/C41H75N2O7P/c1-6-8-10-12-14-16-17-19-20-22-26-30-38(44)37(36-49-51(46,47)48-35-34-43(3,4)5)42-41(45)33-29-25-24-28-32-40-39(50-40)31-27-23-21-18-15-13-11-9-7-2/h15,18,23-24,26-28,30,37-40,44H,6-14,16-17,19-22,25,29,31-36H2,1-5H3,(H-,42,45,46,47)/b18-15-,27-23-,28-24-,30-26+/t37-,38+,39?,40?/m0/s1. The predicted octanol–water partition coefficient (Wildman–Crippen LogP) is 8.87. The van der Waals surface area contributed by atoms with Gasteiger partial charge in [0.05, 0.1) is 52.1 Å². The fraction of sp³-hybridized carbons (Fsp3) is 0.780. The largest absolute Gasteiger partial charge is 0.756 e. The van der Waals surface area contributed by atoms with Crippen LogP contribution in [0.2, 0.25) is 0 Å². The van der Waals surface area contributed by atoms with Gasteiger partial charge in [0.1, 0.15) is 13.2 Å². The number of nitrogens with one attached hydrogen (secondary N) is 1. The number of allylic oxidation sites excluding steroid dienone is 5. The molecule has 1 rings (SSSR count). The van der Waals surface area contributed by atoms with Crippen LogP contribution in [0.25, 0.3) is 0 Å². The van der Waals surface area contributed by atoms with Crippen LogP contribution in [0.5, 0.6) is 0 Å². The highest BCUT2D eigenvalue weighted by atomic mass is 31.2. The van der Waals surface area contributed by atoms with Gasteiger partial charge in [-0.3, -0.25) is 9.36 Å². The Morgan fingerprint density at radius 2 is 1.31 bits per heavy atom. The Kier molecular flexibility index (Phi) is 27.7. The molecule has 10 heteroatoms. The van der Waals surface area contributed by atoms with E-state index in [1.807, 2.05) is 27.2 Å². The van der Waals surface area contributed by atoms with E-state index in [9.17, 15) is 19.4 Å². The Morgan fingerprint density at radius 1 is 0.784 bits per heavy atom. The van der Waals surface area contributed by atoms with Crippen LogP contribution in [-0.2, 0) is 23.1 Å². The zero-order chi connectivity index (χ0) is 37.6. The fourth-order valence-electron chi connectivity index (χ4n) is 5.54. The van der Waals surface area contributed by atoms with Crippen LogP contribution in [0.15, 0.2) is 48.6 Å². The molecule has 51 heavy (non-hydrogen) atoms. The quantitative estimate of drug-likeness (QED) is 0.0223. The lowest BCUT2D eigenvalue weighted by molar-refractivity contribution is -0.870. The molecule has 1 aliphatic heterocycles.